The summed E-state index contributed by atoms with van der Waals surface area (Å²) >= 11 is 0. The van der Waals surface area contributed by atoms with Crippen molar-refractivity contribution in [3.8, 4) is 16.9 Å². The highest BCUT2D eigenvalue weighted by Gasteiger charge is 2.12. The second kappa shape index (κ2) is 13.6. The first-order valence-electron chi connectivity index (χ1n) is 11.5. The molecule has 0 saturated heterocycles. The van der Waals surface area contributed by atoms with E-state index in [1.54, 1.807) is 0 Å². The molecule has 1 atom stereocenters. The third kappa shape index (κ3) is 7.37. The third-order valence-electron chi connectivity index (χ3n) is 5.59. The third-order valence-corrected chi connectivity index (χ3v) is 5.59. The van der Waals surface area contributed by atoms with Crippen LogP contribution in [0, 0.1) is 0 Å². The van der Waals surface area contributed by atoms with Gasteiger partial charge in [-0.05, 0) is 54.2 Å². The Morgan fingerprint density at radius 3 is 2.10 bits per heavy atom. The lowest BCUT2D eigenvalue weighted by Gasteiger charge is -2.17. The molecule has 2 rings (SSSR count). The first kappa shape index (κ1) is 23.7. The van der Waals surface area contributed by atoms with Gasteiger partial charge in [0.05, 0.1) is 6.61 Å². The van der Waals surface area contributed by atoms with Crippen molar-refractivity contribution < 1.29 is 4.74 Å². The maximum Gasteiger partial charge on any atom is 0.119 e. The number of ether oxygens (including phenoxy) is 1. The molecule has 0 fully saturated rings. The normalized spacial score (nSPS) is 12.8. The molecular formula is C29H38O. The van der Waals surface area contributed by atoms with E-state index in [4.69, 9.17) is 4.74 Å². The van der Waals surface area contributed by atoms with Crippen LogP contribution in [0.4, 0.5) is 0 Å². The maximum atomic E-state index is 5.89. The Bertz CT molecular complexity index is 793. The number of benzene rings is 2. The lowest BCUT2D eigenvalue weighted by Crippen LogP contribution is -2.00. The van der Waals surface area contributed by atoms with E-state index in [9.17, 15) is 0 Å². The summed E-state index contributed by atoms with van der Waals surface area (Å²) in [6, 6.07) is 17.5. The molecule has 2 aromatic rings. The van der Waals surface area contributed by atoms with Crippen molar-refractivity contribution in [2.24, 2.45) is 0 Å². The van der Waals surface area contributed by atoms with Gasteiger partial charge in [0.25, 0.3) is 0 Å². The van der Waals surface area contributed by atoms with E-state index >= 15 is 0 Å². The van der Waals surface area contributed by atoms with Crippen molar-refractivity contribution >= 4 is 0 Å². The number of unbranched alkanes of at least 4 members (excludes halogenated alkanes) is 4. The van der Waals surface area contributed by atoms with Crippen LogP contribution in [0.1, 0.15) is 70.8 Å². The number of hydrogen-bond donors (Lipinski definition) is 0. The first-order valence-corrected chi connectivity index (χ1v) is 11.5. The molecule has 0 amide bonds. The molecule has 0 saturated carbocycles. The second-order valence-corrected chi connectivity index (χ2v) is 7.75. The molecule has 1 heteroatoms. The Morgan fingerprint density at radius 1 is 0.900 bits per heavy atom. The van der Waals surface area contributed by atoms with Crippen LogP contribution in [0.5, 0.6) is 5.75 Å². The average Bonchev–Trinajstić information content (AvgIpc) is 2.79. The van der Waals surface area contributed by atoms with Gasteiger partial charge < -0.3 is 4.74 Å². The van der Waals surface area contributed by atoms with Crippen LogP contribution < -0.4 is 4.74 Å². The van der Waals surface area contributed by atoms with Crippen molar-refractivity contribution in [3.63, 3.8) is 0 Å². The summed E-state index contributed by atoms with van der Waals surface area (Å²) < 4.78 is 5.89. The molecule has 0 bridgehead atoms. The van der Waals surface area contributed by atoms with Crippen LogP contribution in [0.15, 0.2) is 85.0 Å². The SMILES string of the molecule is C=C/C=C\C(=C/C)C(CC)c1ccc(-c2ccc(OCCCCCCC)cc2)cc1. The van der Waals surface area contributed by atoms with Crippen LogP contribution in [0.3, 0.4) is 0 Å². The van der Waals surface area contributed by atoms with E-state index in [1.807, 2.05) is 12.2 Å². The van der Waals surface area contributed by atoms with E-state index in [2.05, 4.69) is 88.0 Å². The molecule has 0 spiro atoms. The zero-order chi connectivity index (χ0) is 21.6. The van der Waals surface area contributed by atoms with Gasteiger partial charge in [-0.15, -0.1) is 0 Å². The van der Waals surface area contributed by atoms with Crippen LogP contribution in [-0.4, -0.2) is 6.61 Å². The van der Waals surface area contributed by atoms with Crippen molar-refractivity contribution in [2.75, 3.05) is 6.61 Å². The number of rotatable bonds is 13. The summed E-state index contributed by atoms with van der Waals surface area (Å²) in [4.78, 5) is 0. The molecule has 0 N–H and O–H groups in total. The van der Waals surface area contributed by atoms with Gasteiger partial charge in [-0.2, -0.15) is 0 Å². The van der Waals surface area contributed by atoms with Crippen molar-refractivity contribution in [1.82, 2.24) is 0 Å². The van der Waals surface area contributed by atoms with Gasteiger partial charge in [-0.25, -0.2) is 0 Å². The highest BCUT2D eigenvalue weighted by molar-refractivity contribution is 5.64. The molecule has 0 heterocycles. The van der Waals surface area contributed by atoms with E-state index in [0.717, 1.165) is 25.2 Å². The minimum Gasteiger partial charge on any atom is -0.494 e. The molecule has 1 unspecified atom stereocenters. The van der Waals surface area contributed by atoms with Gasteiger partial charge in [0.2, 0.25) is 0 Å². The lowest BCUT2D eigenvalue weighted by atomic mass is 9.87. The fraction of sp³-hybridized carbons (Fsp3) is 0.379. The van der Waals surface area contributed by atoms with Crippen LogP contribution in [0.25, 0.3) is 11.1 Å². The van der Waals surface area contributed by atoms with E-state index in [-0.39, 0.29) is 0 Å². The molecule has 0 aliphatic carbocycles. The first-order chi connectivity index (χ1) is 14.7. The van der Waals surface area contributed by atoms with Gasteiger partial charge in [0.15, 0.2) is 0 Å². The molecule has 2 aromatic carbocycles. The Hall–Kier alpha value is -2.54. The molecule has 0 radical (unpaired) electrons. The molecular weight excluding hydrogens is 364 g/mol. The minimum absolute atomic E-state index is 0.411. The maximum absolute atomic E-state index is 5.89. The summed E-state index contributed by atoms with van der Waals surface area (Å²) in [5.41, 5.74) is 5.15. The predicted octanol–water partition coefficient (Wildman–Crippen LogP) is 8.88. The van der Waals surface area contributed by atoms with Crippen LogP contribution >= 0.6 is 0 Å². The predicted molar refractivity (Wildman–Crippen MR) is 132 cm³/mol. The highest BCUT2D eigenvalue weighted by Crippen LogP contribution is 2.31. The fourth-order valence-corrected chi connectivity index (χ4v) is 3.80. The zero-order valence-corrected chi connectivity index (χ0v) is 19.1. The molecule has 0 aliphatic rings. The van der Waals surface area contributed by atoms with E-state index in [1.165, 1.54) is 47.9 Å². The van der Waals surface area contributed by atoms with E-state index in [0.29, 0.717) is 5.92 Å². The van der Waals surface area contributed by atoms with Crippen molar-refractivity contribution in [1.29, 1.82) is 0 Å². The largest absolute Gasteiger partial charge is 0.494 e. The smallest absolute Gasteiger partial charge is 0.119 e. The monoisotopic (exact) mass is 402 g/mol. The van der Waals surface area contributed by atoms with Crippen LogP contribution in [0.2, 0.25) is 0 Å². The highest BCUT2D eigenvalue weighted by atomic mass is 16.5. The summed E-state index contributed by atoms with van der Waals surface area (Å²) in [6.07, 6.45) is 15.6. The molecule has 30 heavy (non-hydrogen) atoms. The van der Waals surface area contributed by atoms with Gasteiger partial charge in [-0.3, -0.25) is 0 Å². The van der Waals surface area contributed by atoms with Gasteiger partial charge in [0.1, 0.15) is 5.75 Å². The van der Waals surface area contributed by atoms with Gasteiger partial charge in [0, 0.05) is 5.92 Å². The number of hydrogen-bond acceptors (Lipinski definition) is 1. The summed E-state index contributed by atoms with van der Waals surface area (Å²) in [5, 5.41) is 0. The van der Waals surface area contributed by atoms with Crippen molar-refractivity contribution in [3.05, 3.63) is 90.6 Å². The fourth-order valence-electron chi connectivity index (χ4n) is 3.80. The quantitative estimate of drug-likeness (QED) is 0.240. The average molecular weight is 403 g/mol. The summed E-state index contributed by atoms with van der Waals surface area (Å²) in [5.74, 6) is 1.37. The second-order valence-electron chi connectivity index (χ2n) is 7.75. The van der Waals surface area contributed by atoms with Crippen LogP contribution in [-0.2, 0) is 0 Å². The standard InChI is InChI=1S/C29H38O/c1-5-9-11-12-13-23-30-28-21-19-26(20-22-28)25-15-17-27(18-16-25)29(8-4)24(7-3)14-10-6-2/h6-7,10,14-22,29H,2,5,8-9,11-13,23H2,1,3-4H3/b14-10-,24-7+. The van der Waals surface area contributed by atoms with Crippen molar-refractivity contribution in [2.45, 2.75) is 65.2 Å². The Balaban J connectivity index is 1.98. The van der Waals surface area contributed by atoms with Gasteiger partial charge in [-0.1, -0.05) is 107 Å². The zero-order valence-electron chi connectivity index (χ0n) is 19.1. The summed E-state index contributed by atoms with van der Waals surface area (Å²) in [7, 11) is 0. The molecule has 160 valence electrons. The molecule has 0 aliphatic heterocycles. The Labute approximate surface area is 184 Å². The Morgan fingerprint density at radius 2 is 1.53 bits per heavy atom. The lowest BCUT2D eigenvalue weighted by molar-refractivity contribution is 0.304. The molecule has 0 aromatic heterocycles. The minimum atomic E-state index is 0.411. The Kier molecular flexibility index (Phi) is 10.8. The summed E-state index contributed by atoms with van der Waals surface area (Å²) in [6.45, 7) is 11.2. The number of allylic oxidation sites excluding steroid dienone is 5. The van der Waals surface area contributed by atoms with E-state index < -0.39 is 0 Å². The topological polar surface area (TPSA) is 9.23 Å². The van der Waals surface area contributed by atoms with Gasteiger partial charge >= 0.3 is 0 Å². The molecule has 1 nitrogen and oxygen atoms in total.